The van der Waals surface area contributed by atoms with E-state index in [9.17, 15) is 4.79 Å². The van der Waals surface area contributed by atoms with Crippen molar-refractivity contribution in [3.8, 4) is 0 Å². The highest BCUT2D eigenvalue weighted by molar-refractivity contribution is 5.66. The lowest BCUT2D eigenvalue weighted by Crippen LogP contribution is -2.36. The quantitative estimate of drug-likeness (QED) is 0.542. The van der Waals surface area contributed by atoms with Crippen molar-refractivity contribution in [1.82, 2.24) is 0 Å². The fraction of sp³-hybridized carbons (Fsp3) is 0.824. The van der Waals surface area contributed by atoms with Crippen LogP contribution in [-0.4, -0.2) is 11.6 Å². The summed E-state index contributed by atoms with van der Waals surface area (Å²) in [5, 5.41) is 0. The number of hydrogen-bond donors (Lipinski definition) is 0. The van der Waals surface area contributed by atoms with Crippen LogP contribution in [0.1, 0.15) is 66.7 Å². The second-order valence-electron chi connectivity index (χ2n) is 7.07. The Hall–Kier alpha value is -0.790. The van der Waals surface area contributed by atoms with Gasteiger partial charge in [-0.3, -0.25) is 4.79 Å². The molecule has 2 aliphatic rings. The SMILES string of the molecule is CC(=O)OC(C)(C)C1CCC(C)C2=C(C1)C(C)CC2. The van der Waals surface area contributed by atoms with E-state index >= 15 is 0 Å². The molecule has 0 fully saturated rings. The molecule has 3 unspecified atom stereocenters. The van der Waals surface area contributed by atoms with E-state index in [-0.39, 0.29) is 11.6 Å². The van der Waals surface area contributed by atoms with Crippen molar-refractivity contribution in [3.05, 3.63) is 11.1 Å². The van der Waals surface area contributed by atoms with E-state index in [4.69, 9.17) is 4.74 Å². The first kappa shape index (κ1) is 14.6. The van der Waals surface area contributed by atoms with Crippen molar-refractivity contribution >= 4 is 5.97 Å². The van der Waals surface area contributed by atoms with Crippen LogP contribution in [0.2, 0.25) is 0 Å². The fourth-order valence-electron chi connectivity index (χ4n) is 3.96. The average molecular weight is 264 g/mol. The Kier molecular flexibility index (Phi) is 4.08. The summed E-state index contributed by atoms with van der Waals surface area (Å²) in [6, 6.07) is 0. The lowest BCUT2D eigenvalue weighted by molar-refractivity contribution is -0.159. The zero-order valence-electron chi connectivity index (χ0n) is 13.1. The van der Waals surface area contributed by atoms with Gasteiger partial charge in [0, 0.05) is 12.8 Å². The van der Waals surface area contributed by atoms with Gasteiger partial charge in [0.2, 0.25) is 0 Å². The van der Waals surface area contributed by atoms with Crippen molar-refractivity contribution in [1.29, 1.82) is 0 Å². The number of rotatable bonds is 2. The van der Waals surface area contributed by atoms with Crippen molar-refractivity contribution in [2.75, 3.05) is 0 Å². The number of hydrogen-bond acceptors (Lipinski definition) is 2. The zero-order valence-corrected chi connectivity index (χ0v) is 13.1. The van der Waals surface area contributed by atoms with E-state index < -0.39 is 0 Å². The molecule has 3 atom stereocenters. The molecule has 0 aromatic carbocycles. The number of carbonyl (C=O) groups is 1. The first-order valence-corrected chi connectivity index (χ1v) is 7.72. The minimum absolute atomic E-state index is 0.157. The third-order valence-electron chi connectivity index (χ3n) is 5.25. The van der Waals surface area contributed by atoms with Crippen LogP contribution in [0, 0.1) is 17.8 Å². The number of ether oxygens (including phenoxy) is 1. The molecule has 19 heavy (non-hydrogen) atoms. The van der Waals surface area contributed by atoms with Gasteiger partial charge in [-0.1, -0.05) is 25.0 Å². The lowest BCUT2D eigenvalue weighted by Gasteiger charge is -2.34. The van der Waals surface area contributed by atoms with Crippen molar-refractivity contribution in [2.45, 2.75) is 72.3 Å². The largest absolute Gasteiger partial charge is 0.460 e. The van der Waals surface area contributed by atoms with Crippen molar-refractivity contribution in [2.24, 2.45) is 17.8 Å². The summed E-state index contributed by atoms with van der Waals surface area (Å²) >= 11 is 0. The van der Waals surface area contributed by atoms with Crippen molar-refractivity contribution < 1.29 is 9.53 Å². The Morgan fingerprint density at radius 1 is 1.11 bits per heavy atom. The van der Waals surface area contributed by atoms with Crippen LogP contribution in [0.25, 0.3) is 0 Å². The van der Waals surface area contributed by atoms with E-state index in [0.717, 1.165) is 18.3 Å². The highest BCUT2D eigenvalue weighted by Gasteiger charge is 2.38. The summed E-state index contributed by atoms with van der Waals surface area (Å²) in [7, 11) is 0. The molecule has 0 aromatic rings. The van der Waals surface area contributed by atoms with E-state index in [1.54, 1.807) is 11.1 Å². The maximum Gasteiger partial charge on any atom is 0.303 e. The van der Waals surface area contributed by atoms with Crippen LogP contribution in [-0.2, 0) is 9.53 Å². The molecule has 108 valence electrons. The molecule has 0 bridgehead atoms. The third-order valence-corrected chi connectivity index (χ3v) is 5.25. The van der Waals surface area contributed by atoms with Gasteiger partial charge in [0.15, 0.2) is 0 Å². The van der Waals surface area contributed by atoms with Gasteiger partial charge in [-0.05, 0) is 57.8 Å². The Morgan fingerprint density at radius 2 is 1.74 bits per heavy atom. The minimum atomic E-state index is -0.337. The van der Waals surface area contributed by atoms with Gasteiger partial charge in [-0.2, -0.15) is 0 Å². The molecule has 0 aromatic heterocycles. The summed E-state index contributed by atoms with van der Waals surface area (Å²) in [6.45, 7) is 10.4. The molecule has 0 saturated carbocycles. The summed E-state index contributed by atoms with van der Waals surface area (Å²) in [4.78, 5) is 11.3. The molecule has 0 saturated heterocycles. The Bertz CT molecular complexity index is 392. The standard InChI is InChI=1S/C17H28O2/c1-11-6-8-14(17(4,5)19-13(3)18)10-16-12(2)7-9-15(11)16/h11-12,14H,6-10H2,1-5H3. The van der Waals surface area contributed by atoms with Gasteiger partial charge < -0.3 is 4.74 Å². The van der Waals surface area contributed by atoms with E-state index in [1.165, 1.54) is 32.6 Å². The summed E-state index contributed by atoms with van der Waals surface area (Å²) in [6.07, 6.45) is 6.14. The highest BCUT2D eigenvalue weighted by Crippen LogP contribution is 2.46. The monoisotopic (exact) mass is 264 g/mol. The van der Waals surface area contributed by atoms with Crippen LogP contribution >= 0.6 is 0 Å². The smallest absolute Gasteiger partial charge is 0.303 e. The second kappa shape index (κ2) is 5.30. The number of esters is 1. The third kappa shape index (κ3) is 3.04. The molecule has 0 radical (unpaired) electrons. The van der Waals surface area contributed by atoms with E-state index in [0.29, 0.717) is 5.92 Å². The highest BCUT2D eigenvalue weighted by atomic mass is 16.6. The molecular formula is C17H28O2. The number of allylic oxidation sites excluding steroid dienone is 2. The molecule has 0 spiro atoms. The zero-order chi connectivity index (χ0) is 14.2. The van der Waals surface area contributed by atoms with E-state index in [1.807, 2.05) is 0 Å². The normalized spacial score (nSPS) is 31.9. The number of carbonyl (C=O) groups excluding carboxylic acids is 1. The molecule has 0 N–H and O–H groups in total. The molecule has 2 heteroatoms. The van der Waals surface area contributed by atoms with Gasteiger partial charge >= 0.3 is 5.97 Å². The maximum atomic E-state index is 11.3. The molecule has 0 heterocycles. The van der Waals surface area contributed by atoms with Gasteiger partial charge in [-0.15, -0.1) is 0 Å². The molecular weight excluding hydrogens is 236 g/mol. The lowest BCUT2D eigenvalue weighted by atomic mass is 9.81. The molecule has 2 nitrogen and oxygen atoms in total. The maximum absolute atomic E-state index is 11.3. The molecule has 0 aliphatic heterocycles. The summed E-state index contributed by atoms with van der Waals surface area (Å²) in [5.41, 5.74) is 3.06. The Labute approximate surface area is 117 Å². The minimum Gasteiger partial charge on any atom is -0.460 e. The topological polar surface area (TPSA) is 26.3 Å². The van der Waals surface area contributed by atoms with Gasteiger partial charge in [0.1, 0.15) is 5.60 Å². The molecule has 2 rings (SSSR count). The predicted molar refractivity (Wildman–Crippen MR) is 77.8 cm³/mol. The molecule has 0 amide bonds. The molecule has 2 aliphatic carbocycles. The second-order valence-corrected chi connectivity index (χ2v) is 7.07. The summed E-state index contributed by atoms with van der Waals surface area (Å²) < 4.78 is 5.59. The first-order valence-electron chi connectivity index (χ1n) is 7.72. The average Bonchev–Trinajstić information content (AvgIpc) is 2.53. The van der Waals surface area contributed by atoms with Crippen LogP contribution in [0.15, 0.2) is 11.1 Å². The van der Waals surface area contributed by atoms with Crippen LogP contribution in [0.3, 0.4) is 0 Å². The van der Waals surface area contributed by atoms with Crippen LogP contribution < -0.4 is 0 Å². The Balaban J connectivity index is 2.19. The van der Waals surface area contributed by atoms with Crippen LogP contribution in [0.5, 0.6) is 0 Å². The van der Waals surface area contributed by atoms with Gasteiger partial charge in [0.25, 0.3) is 0 Å². The predicted octanol–water partition coefficient (Wildman–Crippen LogP) is 4.49. The van der Waals surface area contributed by atoms with Crippen molar-refractivity contribution in [3.63, 3.8) is 0 Å². The van der Waals surface area contributed by atoms with Gasteiger partial charge in [-0.25, -0.2) is 0 Å². The van der Waals surface area contributed by atoms with E-state index in [2.05, 4.69) is 27.7 Å². The summed E-state index contributed by atoms with van der Waals surface area (Å²) in [5.74, 6) is 1.76. The van der Waals surface area contributed by atoms with Crippen LogP contribution in [0.4, 0.5) is 0 Å². The van der Waals surface area contributed by atoms with Gasteiger partial charge in [0.05, 0.1) is 0 Å². The fourth-order valence-corrected chi connectivity index (χ4v) is 3.96. The Morgan fingerprint density at radius 3 is 2.37 bits per heavy atom. The first-order chi connectivity index (χ1) is 8.81.